The first-order valence-electron chi connectivity index (χ1n) is 11.4. The third kappa shape index (κ3) is 5.10. The fourth-order valence-electron chi connectivity index (χ4n) is 4.97. The quantitative estimate of drug-likeness (QED) is 0.521. The zero-order valence-corrected chi connectivity index (χ0v) is 21.8. The summed E-state index contributed by atoms with van der Waals surface area (Å²) >= 11 is 0. The summed E-state index contributed by atoms with van der Waals surface area (Å²) in [5, 5.41) is 2.30. The molecule has 0 aliphatic carbocycles. The van der Waals surface area contributed by atoms with Crippen LogP contribution >= 0.6 is 0 Å². The summed E-state index contributed by atoms with van der Waals surface area (Å²) < 4.78 is 36.2. The van der Waals surface area contributed by atoms with Crippen LogP contribution in [0.2, 0.25) is 5.04 Å². The van der Waals surface area contributed by atoms with Crippen molar-refractivity contribution in [2.45, 2.75) is 56.5 Å². The molecule has 0 spiro atoms. The standard InChI is InChI=1S/C26H38O6Si/c1-26(2,3)33(19-14-10-8-11-15-19,20-16-12-9-13-17-20)31-18-21-22(27-4)23(28-5)24(29-6)25(30-7)32-21/h8-17,21-25H,18H2,1-7H3/t21-,22+,23+,24-,25-/m1/s1. The zero-order chi connectivity index (χ0) is 24.1. The van der Waals surface area contributed by atoms with Gasteiger partial charge in [0.15, 0.2) is 6.29 Å². The second-order valence-corrected chi connectivity index (χ2v) is 13.7. The van der Waals surface area contributed by atoms with E-state index in [1.807, 2.05) is 12.1 Å². The van der Waals surface area contributed by atoms with Crippen molar-refractivity contribution in [3.05, 3.63) is 60.7 Å². The fourth-order valence-corrected chi connectivity index (χ4v) is 9.54. The molecule has 0 amide bonds. The highest BCUT2D eigenvalue weighted by atomic mass is 28.4. The highest BCUT2D eigenvalue weighted by molar-refractivity contribution is 6.99. The van der Waals surface area contributed by atoms with Crippen molar-refractivity contribution in [1.29, 1.82) is 0 Å². The normalized spacial score (nSPS) is 26.3. The molecule has 0 aromatic heterocycles. The largest absolute Gasteiger partial charge is 0.405 e. The monoisotopic (exact) mass is 474 g/mol. The van der Waals surface area contributed by atoms with Crippen molar-refractivity contribution in [3.8, 4) is 0 Å². The molecular formula is C26H38O6Si. The van der Waals surface area contributed by atoms with Crippen LogP contribution in [-0.4, -0.2) is 74.1 Å². The van der Waals surface area contributed by atoms with Gasteiger partial charge in [0, 0.05) is 28.4 Å². The van der Waals surface area contributed by atoms with Gasteiger partial charge in [-0.15, -0.1) is 0 Å². The molecule has 1 fully saturated rings. The van der Waals surface area contributed by atoms with E-state index in [4.69, 9.17) is 28.1 Å². The average molecular weight is 475 g/mol. The van der Waals surface area contributed by atoms with E-state index >= 15 is 0 Å². The average Bonchev–Trinajstić information content (AvgIpc) is 2.83. The Balaban J connectivity index is 2.02. The van der Waals surface area contributed by atoms with E-state index in [0.29, 0.717) is 6.61 Å². The Bertz CT molecular complexity index is 801. The Morgan fingerprint density at radius 3 is 1.58 bits per heavy atom. The Kier molecular flexibility index (Phi) is 8.86. The molecule has 33 heavy (non-hydrogen) atoms. The molecule has 3 rings (SSSR count). The van der Waals surface area contributed by atoms with E-state index in [0.717, 1.165) is 0 Å². The first kappa shape index (κ1) is 26.0. The van der Waals surface area contributed by atoms with Crippen molar-refractivity contribution in [3.63, 3.8) is 0 Å². The van der Waals surface area contributed by atoms with E-state index in [1.54, 1.807) is 28.4 Å². The molecule has 0 saturated carbocycles. The van der Waals surface area contributed by atoms with Crippen LogP contribution in [0.1, 0.15) is 20.8 Å². The van der Waals surface area contributed by atoms with E-state index in [9.17, 15) is 0 Å². The molecule has 7 heteroatoms. The number of hydrogen-bond acceptors (Lipinski definition) is 6. The first-order chi connectivity index (χ1) is 15.8. The highest BCUT2D eigenvalue weighted by Gasteiger charge is 2.53. The molecule has 0 unspecified atom stereocenters. The van der Waals surface area contributed by atoms with Crippen LogP contribution in [0.3, 0.4) is 0 Å². The van der Waals surface area contributed by atoms with Gasteiger partial charge >= 0.3 is 0 Å². The number of hydrogen-bond donors (Lipinski definition) is 0. The van der Waals surface area contributed by atoms with Crippen LogP contribution in [0.25, 0.3) is 0 Å². The maximum absolute atomic E-state index is 7.07. The first-order valence-corrected chi connectivity index (χ1v) is 13.3. The topological polar surface area (TPSA) is 55.4 Å². The van der Waals surface area contributed by atoms with Gasteiger partial charge in [-0.2, -0.15) is 0 Å². The lowest BCUT2D eigenvalue weighted by Crippen LogP contribution is -2.68. The number of ether oxygens (including phenoxy) is 5. The third-order valence-corrected chi connectivity index (χ3v) is 11.5. The van der Waals surface area contributed by atoms with Crippen molar-refractivity contribution in [2.75, 3.05) is 35.0 Å². The van der Waals surface area contributed by atoms with Gasteiger partial charge in [-0.1, -0.05) is 81.4 Å². The van der Waals surface area contributed by atoms with Gasteiger partial charge < -0.3 is 28.1 Å². The van der Waals surface area contributed by atoms with E-state index in [-0.39, 0.29) is 17.2 Å². The van der Waals surface area contributed by atoms with Crippen LogP contribution in [0.4, 0.5) is 0 Å². The molecule has 182 valence electrons. The van der Waals surface area contributed by atoms with E-state index in [1.165, 1.54) is 10.4 Å². The minimum atomic E-state index is -2.71. The van der Waals surface area contributed by atoms with Gasteiger partial charge in [-0.3, -0.25) is 0 Å². The third-order valence-electron chi connectivity index (χ3n) is 6.52. The predicted octanol–water partition coefficient (Wildman–Crippen LogP) is 2.98. The summed E-state index contributed by atoms with van der Waals surface area (Å²) in [4.78, 5) is 0. The molecular weight excluding hydrogens is 436 g/mol. The summed E-state index contributed by atoms with van der Waals surface area (Å²) in [5.74, 6) is 0. The summed E-state index contributed by atoms with van der Waals surface area (Å²) in [7, 11) is 3.83. The molecule has 2 aromatic carbocycles. The molecule has 0 N–H and O–H groups in total. The lowest BCUT2D eigenvalue weighted by Gasteiger charge is -2.47. The van der Waals surface area contributed by atoms with Crippen molar-refractivity contribution in [2.24, 2.45) is 0 Å². The van der Waals surface area contributed by atoms with Gasteiger partial charge in [0.1, 0.15) is 24.4 Å². The van der Waals surface area contributed by atoms with Gasteiger partial charge in [-0.05, 0) is 15.4 Å². The molecule has 1 saturated heterocycles. The number of rotatable bonds is 9. The van der Waals surface area contributed by atoms with Gasteiger partial charge in [-0.25, -0.2) is 0 Å². The summed E-state index contributed by atoms with van der Waals surface area (Å²) in [6.07, 6.45) is -2.11. The van der Waals surface area contributed by atoms with Gasteiger partial charge in [0.25, 0.3) is 8.32 Å². The molecule has 1 aliphatic heterocycles. The predicted molar refractivity (Wildman–Crippen MR) is 132 cm³/mol. The summed E-state index contributed by atoms with van der Waals surface area (Å²) in [6, 6.07) is 21.1. The van der Waals surface area contributed by atoms with Crippen LogP contribution in [0.15, 0.2) is 60.7 Å². The number of methoxy groups -OCH3 is 4. The maximum Gasteiger partial charge on any atom is 0.261 e. The smallest absolute Gasteiger partial charge is 0.261 e. The van der Waals surface area contributed by atoms with Crippen LogP contribution < -0.4 is 10.4 Å². The second-order valence-electron chi connectivity index (χ2n) is 9.35. The minimum absolute atomic E-state index is 0.136. The highest BCUT2D eigenvalue weighted by Crippen LogP contribution is 2.37. The minimum Gasteiger partial charge on any atom is -0.405 e. The van der Waals surface area contributed by atoms with Gasteiger partial charge in [0.2, 0.25) is 0 Å². The Morgan fingerprint density at radius 1 is 0.697 bits per heavy atom. The van der Waals surface area contributed by atoms with E-state index in [2.05, 4.69) is 69.3 Å². The lowest BCUT2D eigenvalue weighted by molar-refractivity contribution is -0.305. The number of benzene rings is 2. The molecule has 0 bridgehead atoms. The molecule has 2 aromatic rings. The van der Waals surface area contributed by atoms with Crippen molar-refractivity contribution < 1.29 is 28.1 Å². The lowest BCUT2D eigenvalue weighted by atomic mass is 9.98. The molecule has 1 heterocycles. The van der Waals surface area contributed by atoms with Crippen LogP contribution in [0.5, 0.6) is 0 Å². The Labute approximate surface area is 199 Å². The molecule has 6 nitrogen and oxygen atoms in total. The zero-order valence-electron chi connectivity index (χ0n) is 20.8. The Hall–Kier alpha value is -1.58. The molecule has 5 atom stereocenters. The summed E-state index contributed by atoms with van der Waals surface area (Å²) in [5.41, 5.74) is 0. The maximum atomic E-state index is 7.07. The molecule has 0 radical (unpaired) electrons. The van der Waals surface area contributed by atoms with Crippen molar-refractivity contribution in [1.82, 2.24) is 0 Å². The Morgan fingerprint density at radius 2 is 1.18 bits per heavy atom. The summed E-state index contributed by atoms with van der Waals surface area (Å²) in [6.45, 7) is 7.10. The fraction of sp³-hybridized carbons (Fsp3) is 0.538. The SMILES string of the molecule is CO[C@@H]1O[C@H](CO[Si](c2ccccc2)(c2ccccc2)C(C)(C)C)[C@H](OC)[C@H](OC)[C@H]1OC. The molecule has 1 aliphatic rings. The van der Waals surface area contributed by atoms with Crippen molar-refractivity contribution >= 4 is 18.7 Å². The van der Waals surface area contributed by atoms with Crippen LogP contribution in [-0.2, 0) is 28.1 Å². The van der Waals surface area contributed by atoms with E-state index < -0.39 is 26.8 Å². The van der Waals surface area contributed by atoms with Gasteiger partial charge in [0.05, 0.1) is 6.61 Å². The van der Waals surface area contributed by atoms with Crippen LogP contribution in [0, 0.1) is 0 Å². The second kappa shape index (κ2) is 11.2.